The standard InChI is InChI=1S/C13H23N5/c1-2-5-14-12(11-3-4-11)8-17-6-7-18-10-15-16-13(18)9-17/h10-12,14H,2-9H2,1H3. The summed E-state index contributed by atoms with van der Waals surface area (Å²) in [7, 11) is 0. The van der Waals surface area contributed by atoms with Crippen LogP contribution in [0.4, 0.5) is 0 Å². The second kappa shape index (κ2) is 5.36. The molecule has 0 aromatic carbocycles. The number of hydrogen-bond acceptors (Lipinski definition) is 4. The molecule has 1 aromatic heterocycles. The largest absolute Gasteiger partial charge is 0.315 e. The van der Waals surface area contributed by atoms with Crippen molar-refractivity contribution in [2.45, 2.75) is 45.3 Å². The first kappa shape index (κ1) is 12.1. The summed E-state index contributed by atoms with van der Waals surface area (Å²) in [6.07, 6.45) is 5.88. The SMILES string of the molecule is CCCNC(CN1CCn2cnnc2C1)C1CC1. The Balaban J connectivity index is 1.55. The molecule has 2 heterocycles. The van der Waals surface area contributed by atoms with Crippen molar-refractivity contribution in [2.24, 2.45) is 5.92 Å². The van der Waals surface area contributed by atoms with Gasteiger partial charge in [-0.3, -0.25) is 4.90 Å². The summed E-state index contributed by atoms with van der Waals surface area (Å²) < 4.78 is 2.17. The maximum absolute atomic E-state index is 4.19. The second-order valence-electron chi connectivity index (χ2n) is 5.57. The van der Waals surface area contributed by atoms with Crippen molar-refractivity contribution in [2.75, 3.05) is 19.6 Å². The van der Waals surface area contributed by atoms with Crippen LogP contribution in [0.2, 0.25) is 0 Å². The highest BCUT2D eigenvalue weighted by molar-refractivity contribution is 4.93. The maximum Gasteiger partial charge on any atom is 0.147 e. The minimum atomic E-state index is 0.680. The van der Waals surface area contributed by atoms with Gasteiger partial charge in [0.05, 0.1) is 6.54 Å². The van der Waals surface area contributed by atoms with Crippen LogP contribution in [0.1, 0.15) is 32.0 Å². The molecule has 1 aliphatic carbocycles. The molecule has 0 saturated heterocycles. The van der Waals surface area contributed by atoms with E-state index in [9.17, 15) is 0 Å². The zero-order valence-electron chi connectivity index (χ0n) is 11.2. The molecule has 2 aliphatic rings. The van der Waals surface area contributed by atoms with Gasteiger partial charge in [-0.1, -0.05) is 6.92 Å². The summed E-state index contributed by atoms with van der Waals surface area (Å²) in [5, 5.41) is 11.9. The van der Waals surface area contributed by atoms with E-state index in [0.29, 0.717) is 6.04 Å². The molecular weight excluding hydrogens is 226 g/mol. The van der Waals surface area contributed by atoms with Gasteiger partial charge in [-0.2, -0.15) is 0 Å². The van der Waals surface area contributed by atoms with Crippen molar-refractivity contribution in [3.05, 3.63) is 12.2 Å². The smallest absolute Gasteiger partial charge is 0.147 e. The van der Waals surface area contributed by atoms with E-state index in [1.165, 1.54) is 19.3 Å². The molecule has 1 saturated carbocycles. The summed E-state index contributed by atoms with van der Waals surface area (Å²) in [6.45, 7) is 7.66. The molecule has 100 valence electrons. The third kappa shape index (κ3) is 2.72. The van der Waals surface area contributed by atoms with Crippen LogP contribution in [-0.2, 0) is 13.1 Å². The predicted molar refractivity (Wildman–Crippen MR) is 70.1 cm³/mol. The van der Waals surface area contributed by atoms with Crippen LogP contribution in [0.25, 0.3) is 0 Å². The Morgan fingerprint density at radius 2 is 2.33 bits per heavy atom. The lowest BCUT2D eigenvalue weighted by molar-refractivity contribution is 0.187. The van der Waals surface area contributed by atoms with Crippen LogP contribution in [0, 0.1) is 5.92 Å². The molecule has 18 heavy (non-hydrogen) atoms. The Labute approximate surface area is 109 Å². The molecule has 3 rings (SSSR count). The van der Waals surface area contributed by atoms with Gasteiger partial charge < -0.3 is 9.88 Å². The van der Waals surface area contributed by atoms with E-state index in [1.54, 1.807) is 0 Å². The van der Waals surface area contributed by atoms with Gasteiger partial charge in [0, 0.05) is 25.7 Å². The topological polar surface area (TPSA) is 46.0 Å². The van der Waals surface area contributed by atoms with Crippen LogP contribution < -0.4 is 5.32 Å². The summed E-state index contributed by atoms with van der Waals surface area (Å²) in [4.78, 5) is 2.52. The molecular formula is C13H23N5. The average Bonchev–Trinajstić information content (AvgIpc) is 3.12. The monoisotopic (exact) mass is 249 g/mol. The Hall–Kier alpha value is -0.940. The molecule has 1 unspecified atom stereocenters. The van der Waals surface area contributed by atoms with E-state index < -0.39 is 0 Å². The molecule has 1 atom stereocenters. The highest BCUT2D eigenvalue weighted by atomic mass is 15.3. The zero-order valence-corrected chi connectivity index (χ0v) is 11.2. The first-order chi connectivity index (χ1) is 8.86. The van der Waals surface area contributed by atoms with Gasteiger partial charge in [0.2, 0.25) is 0 Å². The molecule has 1 N–H and O–H groups in total. The summed E-state index contributed by atoms with van der Waals surface area (Å²) in [5.74, 6) is 2.03. The molecule has 1 aromatic rings. The van der Waals surface area contributed by atoms with E-state index in [4.69, 9.17) is 0 Å². The normalized spacial score (nSPS) is 21.8. The quantitative estimate of drug-likeness (QED) is 0.812. The second-order valence-corrected chi connectivity index (χ2v) is 5.57. The van der Waals surface area contributed by atoms with Gasteiger partial charge in [-0.25, -0.2) is 0 Å². The molecule has 5 nitrogen and oxygen atoms in total. The first-order valence-electron chi connectivity index (χ1n) is 7.19. The fourth-order valence-corrected chi connectivity index (χ4v) is 2.76. The summed E-state index contributed by atoms with van der Waals surface area (Å²) in [5.41, 5.74) is 0. The Bertz CT molecular complexity index is 384. The zero-order chi connectivity index (χ0) is 12.4. The van der Waals surface area contributed by atoms with E-state index in [-0.39, 0.29) is 0 Å². The Morgan fingerprint density at radius 1 is 1.44 bits per heavy atom. The van der Waals surface area contributed by atoms with E-state index in [1.807, 2.05) is 6.33 Å². The van der Waals surface area contributed by atoms with Crippen LogP contribution >= 0.6 is 0 Å². The lowest BCUT2D eigenvalue weighted by atomic mass is 10.1. The van der Waals surface area contributed by atoms with Crippen molar-refractivity contribution < 1.29 is 0 Å². The average molecular weight is 249 g/mol. The van der Waals surface area contributed by atoms with Crippen LogP contribution in [0.15, 0.2) is 6.33 Å². The number of fused-ring (bicyclic) bond motifs is 1. The number of rotatable bonds is 6. The van der Waals surface area contributed by atoms with Crippen molar-refractivity contribution in [3.63, 3.8) is 0 Å². The van der Waals surface area contributed by atoms with Crippen molar-refractivity contribution in [1.82, 2.24) is 25.0 Å². The third-order valence-electron chi connectivity index (χ3n) is 4.02. The Kier molecular flexibility index (Phi) is 3.61. The molecule has 1 aliphatic heterocycles. The molecule has 1 fully saturated rings. The van der Waals surface area contributed by atoms with E-state index in [0.717, 1.165) is 44.5 Å². The fraction of sp³-hybridized carbons (Fsp3) is 0.846. The van der Waals surface area contributed by atoms with Crippen molar-refractivity contribution in [1.29, 1.82) is 0 Å². The number of nitrogens with zero attached hydrogens (tertiary/aromatic N) is 4. The van der Waals surface area contributed by atoms with Crippen LogP contribution in [0.5, 0.6) is 0 Å². The van der Waals surface area contributed by atoms with Gasteiger partial charge in [0.1, 0.15) is 12.2 Å². The van der Waals surface area contributed by atoms with E-state index in [2.05, 4.69) is 31.9 Å². The molecule has 0 amide bonds. The van der Waals surface area contributed by atoms with E-state index >= 15 is 0 Å². The van der Waals surface area contributed by atoms with Gasteiger partial charge in [0.25, 0.3) is 0 Å². The lowest BCUT2D eigenvalue weighted by Gasteiger charge is -2.31. The summed E-state index contributed by atoms with van der Waals surface area (Å²) in [6, 6.07) is 0.680. The van der Waals surface area contributed by atoms with Crippen molar-refractivity contribution in [3.8, 4) is 0 Å². The minimum Gasteiger partial charge on any atom is -0.315 e. The van der Waals surface area contributed by atoms with Crippen LogP contribution in [-0.4, -0.2) is 45.3 Å². The van der Waals surface area contributed by atoms with Crippen LogP contribution in [0.3, 0.4) is 0 Å². The maximum atomic E-state index is 4.19. The van der Waals surface area contributed by atoms with Gasteiger partial charge in [0.15, 0.2) is 0 Å². The molecule has 0 bridgehead atoms. The number of aromatic nitrogens is 3. The van der Waals surface area contributed by atoms with Gasteiger partial charge >= 0.3 is 0 Å². The van der Waals surface area contributed by atoms with Crippen molar-refractivity contribution >= 4 is 0 Å². The molecule has 0 spiro atoms. The minimum absolute atomic E-state index is 0.680. The first-order valence-corrected chi connectivity index (χ1v) is 7.19. The van der Waals surface area contributed by atoms with Gasteiger partial charge in [-0.15, -0.1) is 10.2 Å². The fourth-order valence-electron chi connectivity index (χ4n) is 2.76. The number of nitrogens with one attached hydrogen (secondary N) is 1. The highest BCUT2D eigenvalue weighted by Gasteiger charge is 2.32. The lowest BCUT2D eigenvalue weighted by Crippen LogP contribution is -2.45. The predicted octanol–water partition coefficient (Wildman–Crippen LogP) is 0.872. The third-order valence-corrected chi connectivity index (χ3v) is 4.02. The Morgan fingerprint density at radius 3 is 3.11 bits per heavy atom. The summed E-state index contributed by atoms with van der Waals surface area (Å²) >= 11 is 0. The molecule has 5 heteroatoms. The molecule has 0 radical (unpaired) electrons. The highest BCUT2D eigenvalue weighted by Crippen LogP contribution is 2.33. The van der Waals surface area contributed by atoms with Gasteiger partial charge in [-0.05, 0) is 31.7 Å². The number of hydrogen-bond donors (Lipinski definition) is 1.